The minimum atomic E-state index is -0.295. The van der Waals surface area contributed by atoms with Gasteiger partial charge < -0.3 is 20.9 Å². The predicted octanol–water partition coefficient (Wildman–Crippen LogP) is 8.24. The summed E-state index contributed by atoms with van der Waals surface area (Å²) in [5.74, 6) is -0.890. The maximum Gasteiger partial charge on any atom is 0.243 e. The Morgan fingerprint density at radius 3 is 1.47 bits per heavy atom. The van der Waals surface area contributed by atoms with Crippen LogP contribution < -0.4 is 16.0 Å². The molecule has 0 saturated carbocycles. The van der Waals surface area contributed by atoms with Crippen molar-refractivity contribution in [2.75, 3.05) is 30.8 Å². The van der Waals surface area contributed by atoms with Crippen LogP contribution in [0.15, 0.2) is 97.1 Å². The number of nitrogens with zero attached hydrogens (tertiary/aromatic N) is 1. The van der Waals surface area contributed by atoms with E-state index >= 15 is 0 Å². The number of likely N-dealkylation sites (N-methyl/N-ethyl adjacent to an activating group) is 1. The standard InChI is InChI=1S/C37H38N4O4.2C3H8/c1-26-20-30(16-18-32(26)39-35(43)24-38-34(42)22-28-10-6-4-7-11-28)14-15-31-17-19-33(27(2)21-31)40-36(44)25-41(3)37(45)23-29-12-8-5-9-13-29;2*1-3-2/h4-21H,22-25H2,1-3H3,(H,38,42)(H,39,43)(H,40,44);2*3H2,1-2H3/b15-14+;;. The maximum absolute atomic E-state index is 12.6. The van der Waals surface area contributed by atoms with E-state index in [1.165, 1.54) is 17.7 Å². The van der Waals surface area contributed by atoms with E-state index in [4.69, 9.17) is 0 Å². The van der Waals surface area contributed by atoms with Crippen LogP contribution in [0.1, 0.15) is 73.9 Å². The van der Waals surface area contributed by atoms with Gasteiger partial charge in [-0.15, -0.1) is 0 Å². The minimum Gasteiger partial charge on any atom is -0.347 e. The number of hydrogen-bond acceptors (Lipinski definition) is 4. The lowest BCUT2D eigenvalue weighted by Crippen LogP contribution is -2.35. The van der Waals surface area contributed by atoms with Gasteiger partial charge in [0, 0.05) is 18.4 Å². The van der Waals surface area contributed by atoms with Crippen LogP contribution >= 0.6 is 0 Å². The summed E-state index contributed by atoms with van der Waals surface area (Å²) in [5, 5.41) is 8.41. The van der Waals surface area contributed by atoms with Crippen molar-refractivity contribution in [3.63, 3.8) is 0 Å². The average molecular weight is 691 g/mol. The summed E-state index contributed by atoms with van der Waals surface area (Å²) in [7, 11) is 1.63. The van der Waals surface area contributed by atoms with Crippen molar-refractivity contribution in [3.05, 3.63) is 130 Å². The molecule has 4 aromatic rings. The molecule has 8 heteroatoms. The van der Waals surface area contributed by atoms with Crippen LogP contribution in [0.25, 0.3) is 12.2 Å². The first kappa shape index (κ1) is 41.7. The van der Waals surface area contributed by atoms with Crippen molar-refractivity contribution in [1.82, 2.24) is 10.2 Å². The van der Waals surface area contributed by atoms with Gasteiger partial charge >= 0.3 is 0 Å². The molecule has 0 spiro atoms. The highest BCUT2D eigenvalue weighted by molar-refractivity contribution is 5.96. The van der Waals surface area contributed by atoms with Gasteiger partial charge in [-0.05, 0) is 71.5 Å². The van der Waals surface area contributed by atoms with E-state index in [2.05, 4.69) is 43.6 Å². The molecule has 0 bridgehead atoms. The fourth-order valence-electron chi connectivity index (χ4n) is 4.67. The third-order valence-electron chi connectivity index (χ3n) is 7.18. The lowest BCUT2D eigenvalue weighted by Gasteiger charge is -2.17. The molecule has 51 heavy (non-hydrogen) atoms. The van der Waals surface area contributed by atoms with Gasteiger partial charge in [-0.25, -0.2) is 0 Å². The molecular formula is C43H54N4O4. The Kier molecular flexibility index (Phi) is 18.8. The van der Waals surface area contributed by atoms with Gasteiger partial charge in [0.2, 0.25) is 23.6 Å². The number of carbonyl (C=O) groups is 4. The molecule has 0 radical (unpaired) electrons. The van der Waals surface area contributed by atoms with E-state index in [0.29, 0.717) is 11.4 Å². The molecule has 0 aliphatic carbocycles. The Balaban J connectivity index is 0.00000140. The number of rotatable bonds is 12. The molecule has 4 aromatic carbocycles. The van der Waals surface area contributed by atoms with E-state index < -0.39 is 0 Å². The van der Waals surface area contributed by atoms with Crippen molar-refractivity contribution < 1.29 is 19.2 Å². The highest BCUT2D eigenvalue weighted by atomic mass is 16.2. The average Bonchev–Trinajstić information content (AvgIpc) is 3.10. The number of aryl methyl sites for hydroxylation is 2. The Bertz CT molecular complexity index is 1720. The zero-order valence-electron chi connectivity index (χ0n) is 31.2. The summed E-state index contributed by atoms with van der Waals surface area (Å²) >= 11 is 0. The normalized spacial score (nSPS) is 10.2. The number of amides is 4. The third kappa shape index (κ3) is 16.2. The van der Waals surface area contributed by atoms with Gasteiger partial charge in [-0.1, -0.05) is 125 Å². The topological polar surface area (TPSA) is 108 Å². The van der Waals surface area contributed by atoms with Crippen LogP contribution in [0.2, 0.25) is 0 Å². The van der Waals surface area contributed by atoms with E-state index in [9.17, 15) is 19.2 Å². The zero-order chi connectivity index (χ0) is 37.6. The Morgan fingerprint density at radius 2 is 1.02 bits per heavy atom. The molecule has 4 rings (SSSR count). The van der Waals surface area contributed by atoms with Crippen LogP contribution in [-0.4, -0.2) is 48.7 Å². The summed E-state index contributed by atoms with van der Waals surface area (Å²) in [6.07, 6.45) is 6.92. The molecule has 0 saturated heterocycles. The lowest BCUT2D eigenvalue weighted by atomic mass is 10.1. The van der Waals surface area contributed by atoms with Crippen LogP contribution in [0.5, 0.6) is 0 Å². The van der Waals surface area contributed by atoms with E-state index in [1.54, 1.807) is 7.05 Å². The fraction of sp³-hybridized carbons (Fsp3) is 0.302. The zero-order valence-corrected chi connectivity index (χ0v) is 31.2. The van der Waals surface area contributed by atoms with Crippen molar-refractivity contribution >= 4 is 47.2 Å². The molecule has 8 nitrogen and oxygen atoms in total. The second kappa shape index (κ2) is 23.0. The van der Waals surface area contributed by atoms with Gasteiger partial charge in [0.15, 0.2) is 0 Å². The number of hydrogen-bond donors (Lipinski definition) is 3. The molecular weight excluding hydrogens is 636 g/mol. The molecule has 3 N–H and O–H groups in total. The molecule has 0 fully saturated rings. The van der Waals surface area contributed by atoms with Crippen LogP contribution in [0, 0.1) is 13.8 Å². The largest absolute Gasteiger partial charge is 0.347 e. The number of benzene rings is 4. The second-order valence-electron chi connectivity index (χ2n) is 12.3. The third-order valence-corrected chi connectivity index (χ3v) is 7.18. The van der Waals surface area contributed by atoms with Gasteiger partial charge in [0.1, 0.15) is 0 Å². The molecule has 0 aliphatic rings. The molecule has 0 unspecified atom stereocenters. The van der Waals surface area contributed by atoms with Crippen molar-refractivity contribution in [2.45, 2.75) is 67.2 Å². The molecule has 0 aliphatic heterocycles. The van der Waals surface area contributed by atoms with E-state index in [0.717, 1.165) is 33.4 Å². The summed E-state index contributed by atoms with van der Waals surface area (Å²) in [6.45, 7) is 12.2. The fourth-order valence-corrected chi connectivity index (χ4v) is 4.67. The minimum absolute atomic E-state index is 0.0363. The van der Waals surface area contributed by atoms with Crippen molar-refractivity contribution in [1.29, 1.82) is 0 Å². The van der Waals surface area contributed by atoms with Crippen molar-refractivity contribution in [2.24, 2.45) is 0 Å². The van der Waals surface area contributed by atoms with Crippen LogP contribution in [-0.2, 0) is 32.0 Å². The summed E-state index contributed by atoms with van der Waals surface area (Å²) < 4.78 is 0. The highest BCUT2D eigenvalue weighted by Crippen LogP contribution is 2.21. The van der Waals surface area contributed by atoms with Crippen LogP contribution in [0.4, 0.5) is 11.4 Å². The number of nitrogens with one attached hydrogen (secondary N) is 3. The Labute approximate surface area is 304 Å². The first-order valence-corrected chi connectivity index (χ1v) is 17.6. The second-order valence-corrected chi connectivity index (χ2v) is 12.3. The van der Waals surface area contributed by atoms with Gasteiger partial charge in [0.25, 0.3) is 0 Å². The predicted molar refractivity (Wildman–Crippen MR) is 211 cm³/mol. The Morgan fingerprint density at radius 1 is 0.588 bits per heavy atom. The smallest absolute Gasteiger partial charge is 0.243 e. The summed E-state index contributed by atoms with van der Waals surface area (Å²) in [6, 6.07) is 30.3. The van der Waals surface area contributed by atoms with Crippen LogP contribution in [0.3, 0.4) is 0 Å². The molecule has 0 aromatic heterocycles. The summed E-state index contributed by atoms with van der Waals surface area (Å²) in [5.41, 5.74) is 6.87. The Hall–Kier alpha value is -5.50. The lowest BCUT2D eigenvalue weighted by molar-refractivity contribution is -0.132. The monoisotopic (exact) mass is 690 g/mol. The van der Waals surface area contributed by atoms with E-state index in [1.807, 2.05) is 123 Å². The number of anilines is 2. The molecule has 270 valence electrons. The first-order chi connectivity index (χ1) is 24.5. The van der Waals surface area contributed by atoms with Gasteiger partial charge in [0.05, 0.1) is 25.9 Å². The molecule has 0 heterocycles. The van der Waals surface area contributed by atoms with E-state index in [-0.39, 0.29) is 49.6 Å². The maximum atomic E-state index is 12.6. The molecule has 0 atom stereocenters. The van der Waals surface area contributed by atoms with Gasteiger partial charge in [-0.3, -0.25) is 19.2 Å². The SMILES string of the molecule is CCC.CCC.Cc1cc(/C=C/c2ccc(NC(=O)CN(C)C(=O)Cc3ccccc3)c(C)c2)ccc1NC(=O)CNC(=O)Cc1ccccc1. The molecule has 4 amide bonds. The number of carbonyl (C=O) groups excluding carboxylic acids is 4. The highest BCUT2D eigenvalue weighted by Gasteiger charge is 2.14. The first-order valence-electron chi connectivity index (χ1n) is 17.6. The van der Waals surface area contributed by atoms with Crippen molar-refractivity contribution in [3.8, 4) is 0 Å². The quantitative estimate of drug-likeness (QED) is 0.130. The summed E-state index contributed by atoms with van der Waals surface area (Å²) in [4.78, 5) is 51.1. The van der Waals surface area contributed by atoms with Gasteiger partial charge in [-0.2, -0.15) is 0 Å².